The molecule has 1 fully saturated rings. The molecule has 152 valence electrons. The number of carbonyl (C=O) groups excluding carboxylic acids is 1. The van der Waals surface area contributed by atoms with Crippen LogP contribution in [0, 0.1) is 17.6 Å². The zero-order chi connectivity index (χ0) is 20.6. The number of nitrogens with zero attached hydrogens (tertiary/aromatic N) is 1. The third kappa shape index (κ3) is 3.75. The maximum Gasteiger partial charge on any atom is 0.243 e. The number of aromatic nitrogens is 1. The SMILES string of the molecule is O=C(Nc1cccc2[nH]ccc12)C1CCN(S(=O)(=O)c2ccc(F)c(F)c2)CC1. The highest BCUT2D eigenvalue weighted by Gasteiger charge is 2.32. The molecule has 1 saturated heterocycles. The molecule has 1 aliphatic heterocycles. The first-order valence-corrected chi connectivity index (χ1v) is 10.6. The van der Waals surface area contributed by atoms with Crippen molar-refractivity contribution in [1.29, 1.82) is 0 Å². The van der Waals surface area contributed by atoms with Gasteiger partial charge >= 0.3 is 0 Å². The molecular formula is C20H19F2N3O3S. The molecule has 1 aromatic heterocycles. The largest absolute Gasteiger partial charge is 0.361 e. The quantitative estimate of drug-likeness (QED) is 0.679. The van der Waals surface area contributed by atoms with Gasteiger partial charge in [0.2, 0.25) is 15.9 Å². The molecule has 1 aliphatic rings. The first-order chi connectivity index (χ1) is 13.9. The number of hydrogen-bond acceptors (Lipinski definition) is 3. The minimum absolute atomic E-state index is 0.133. The van der Waals surface area contributed by atoms with Gasteiger partial charge in [-0.1, -0.05) is 6.07 Å². The number of carbonyl (C=O) groups is 1. The van der Waals surface area contributed by atoms with Crippen molar-refractivity contribution in [2.45, 2.75) is 17.7 Å². The third-order valence-corrected chi connectivity index (χ3v) is 7.10. The highest BCUT2D eigenvalue weighted by molar-refractivity contribution is 7.89. The van der Waals surface area contributed by atoms with Crippen molar-refractivity contribution in [2.24, 2.45) is 5.92 Å². The van der Waals surface area contributed by atoms with E-state index in [4.69, 9.17) is 0 Å². The van der Waals surface area contributed by atoms with Gasteiger partial charge in [0.1, 0.15) is 0 Å². The van der Waals surface area contributed by atoms with Crippen LogP contribution in [0.1, 0.15) is 12.8 Å². The van der Waals surface area contributed by atoms with Crippen LogP contribution in [0.3, 0.4) is 0 Å². The van der Waals surface area contributed by atoms with Gasteiger partial charge in [-0.3, -0.25) is 4.79 Å². The van der Waals surface area contributed by atoms with E-state index >= 15 is 0 Å². The second-order valence-electron chi connectivity index (χ2n) is 6.99. The first kappa shape index (κ1) is 19.5. The number of amides is 1. The summed E-state index contributed by atoms with van der Waals surface area (Å²) in [6, 6.07) is 9.96. The number of hydrogen-bond donors (Lipinski definition) is 2. The number of rotatable bonds is 4. The zero-order valence-electron chi connectivity index (χ0n) is 15.4. The average Bonchev–Trinajstić information content (AvgIpc) is 3.20. The predicted molar refractivity (Wildman–Crippen MR) is 105 cm³/mol. The van der Waals surface area contributed by atoms with Gasteiger partial charge in [0.05, 0.1) is 10.6 Å². The smallest absolute Gasteiger partial charge is 0.243 e. The summed E-state index contributed by atoms with van der Waals surface area (Å²) >= 11 is 0. The molecule has 0 aliphatic carbocycles. The maximum absolute atomic E-state index is 13.4. The Morgan fingerprint density at radius 2 is 1.83 bits per heavy atom. The number of fused-ring (bicyclic) bond motifs is 1. The van der Waals surface area contributed by atoms with E-state index in [1.807, 2.05) is 24.3 Å². The highest BCUT2D eigenvalue weighted by atomic mass is 32.2. The topological polar surface area (TPSA) is 82.3 Å². The molecule has 2 N–H and O–H groups in total. The van der Waals surface area contributed by atoms with Crippen molar-refractivity contribution in [3.05, 3.63) is 60.3 Å². The van der Waals surface area contributed by atoms with Crippen molar-refractivity contribution in [3.63, 3.8) is 0 Å². The minimum Gasteiger partial charge on any atom is -0.361 e. The first-order valence-electron chi connectivity index (χ1n) is 9.18. The number of anilines is 1. The predicted octanol–water partition coefficient (Wildman–Crippen LogP) is 3.49. The molecule has 0 bridgehead atoms. The lowest BCUT2D eigenvalue weighted by Gasteiger charge is -2.30. The van der Waals surface area contributed by atoms with Gasteiger partial charge in [-0.05, 0) is 49.2 Å². The van der Waals surface area contributed by atoms with E-state index in [0.29, 0.717) is 24.6 Å². The summed E-state index contributed by atoms with van der Waals surface area (Å²) in [5.74, 6) is -2.81. The summed E-state index contributed by atoms with van der Waals surface area (Å²) in [7, 11) is -3.94. The molecule has 4 rings (SSSR count). The third-order valence-electron chi connectivity index (χ3n) is 5.21. The van der Waals surface area contributed by atoms with E-state index in [9.17, 15) is 22.0 Å². The number of aromatic amines is 1. The summed E-state index contributed by atoms with van der Waals surface area (Å²) < 4.78 is 53.1. The standard InChI is InChI=1S/C20H19F2N3O3S/c21-16-5-4-14(12-17(16)22)29(27,28)25-10-7-13(8-11-25)20(26)24-19-3-1-2-18-15(19)6-9-23-18/h1-6,9,12-13,23H,7-8,10-11H2,(H,24,26). The molecule has 0 unspecified atom stereocenters. The minimum atomic E-state index is -3.94. The monoisotopic (exact) mass is 419 g/mol. The summed E-state index contributed by atoms with van der Waals surface area (Å²) in [5.41, 5.74) is 1.61. The second-order valence-corrected chi connectivity index (χ2v) is 8.93. The van der Waals surface area contributed by atoms with Crippen LogP contribution in [-0.4, -0.2) is 36.7 Å². The fourth-order valence-corrected chi connectivity index (χ4v) is 5.06. The van der Waals surface area contributed by atoms with Crippen molar-refractivity contribution in [3.8, 4) is 0 Å². The van der Waals surface area contributed by atoms with Crippen LogP contribution in [0.15, 0.2) is 53.6 Å². The Balaban J connectivity index is 1.43. The van der Waals surface area contributed by atoms with Crippen molar-refractivity contribution in [2.75, 3.05) is 18.4 Å². The van der Waals surface area contributed by atoms with Gasteiger partial charge in [0.25, 0.3) is 0 Å². The summed E-state index contributed by atoms with van der Waals surface area (Å²) in [6.45, 7) is 0.265. The molecule has 2 aromatic carbocycles. The van der Waals surface area contributed by atoms with Crippen LogP contribution in [0.5, 0.6) is 0 Å². The van der Waals surface area contributed by atoms with Gasteiger partial charge in [-0.25, -0.2) is 17.2 Å². The number of nitrogens with one attached hydrogen (secondary N) is 2. The Bertz CT molecular complexity index is 1170. The zero-order valence-corrected chi connectivity index (χ0v) is 16.2. The average molecular weight is 419 g/mol. The van der Waals surface area contributed by atoms with E-state index in [-0.39, 0.29) is 29.8 Å². The van der Waals surface area contributed by atoms with E-state index in [0.717, 1.165) is 23.0 Å². The molecule has 0 radical (unpaired) electrons. The molecule has 2 heterocycles. The van der Waals surface area contributed by atoms with Gasteiger partial charge in [0, 0.05) is 36.1 Å². The lowest BCUT2D eigenvalue weighted by atomic mass is 9.97. The van der Waals surface area contributed by atoms with E-state index in [2.05, 4.69) is 10.3 Å². The lowest BCUT2D eigenvalue weighted by molar-refractivity contribution is -0.120. The molecule has 0 spiro atoms. The molecule has 1 amide bonds. The van der Waals surface area contributed by atoms with Crippen molar-refractivity contribution < 1.29 is 22.0 Å². The van der Waals surface area contributed by atoms with Crippen molar-refractivity contribution in [1.82, 2.24) is 9.29 Å². The van der Waals surface area contributed by atoms with Crippen LogP contribution in [0.25, 0.3) is 10.9 Å². The van der Waals surface area contributed by atoms with Crippen LogP contribution >= 0.6 is 0 Å². The number of halogens is 2. The van der Waals surface area contributed by atoms with Crippen LogP contribution < -0.4 is 5.32 Å². The Kier molecular flexibility index (Phi) is 5.10. The fourth-order valence-electron chi connectivity index (χ4n) is 3.57. The lowest BCUT2D eigenvalue weighted by Crippen LogP contribution is -2.41. The van der Waals surface area contributed by atoms with Gasteiger partial charge < -0.3 is 10.3 Å². The van der Waals surface area contributed by atoms with Gasteiger partial charge in [-0.2, -0.15) is 4.31 Å². The molecule has 9 heteroatoms. The van der Waals surface area contributed by atoms with Crippen LogP contribution in [0.4, 0.5) is 14.5 Å². The van der Waals surface area contributed by atoms with E-state index in [1.165, 1.54) is 4.31 Å². The van der Waals surface area contributed by atoms with Crippen molar-refractivity contribution >= 4 is 32.5 Å². The summed E-state index contributed by atoms with van der Waals surface area (Å²) in [4.78, 5) is 15.5. The number of H-pyrrole nitrogens is 1. The molecule has 6 nitrogen and oxygen atoms in total. The van der Waals surface area contributed by atoms with E-state index in [1.54, 1.807) is 6.20 Å². The fraction of sp³-hybridized carbons (Fsp3) is 0.250. The van der Waals surface area contributed by atoms with Gasteiger partial charge in [0.15, 0.2) is 11.6 Å². The molecular weight excluding hydrogens is 400 g/mol. The number of benzene rings is 2. The summed E-state index contributed by atoms with van der Waals surface area (Å²) in [5, 5.41) is 3.82. The molecule has 0 saturated carbocycles. The second kappa shape index (κ2) is 7.57. The van der Waals surface area contributed by atoms with E-state index < -0.39 is 21.7 Å². The Morgan fingerprint density at radius 3 is 2.55 bits per heavy atom. The normalized spacial score (nSPS) is 16.2. The van der Waals surface area contributed by atoms with Crippen LogP contribution in [-0.2, 0) is 14.8 Å². The maximum atomic E-state index is 13.4. The molecule has 3 aromatic rings. The highest BCUT2D eigenvalue weighted by Crippen LogP contribution is 2.27. The van der Waals surface area contributed by atoms with Gasteiger partial charge in [-0.15, -0.1) is 0 Å². The Morgan fingerprint density at radius 1 is 1.07 bits per heavy atom. The summed E-state index contributed by atoms with van der Waals surface area (Å²) in [6.07, 6.45) is 2.48. The number of sulfonamides is 1. The molecule has 0 atom stereocenters. The molecule has 29 heavy (non-hydrogen) atoms. The number of piperidine rings is 1. The Hall–Kier alpha value is -2.78. The van der Waals surface area contributed by atoms with Crippen LogP contribution in [0.2, 0.25) is 0 Å². The Labute approximate surface area is 166 Å².